The molecular formula is C16H18ClFN4OS. The van der Waals surface area contributed by atoms with Gasteiger partial charge in [-0.15, -0.1) is 23.7 Å². The van der Waals surface area contributed by atoms with Gasteiger partial charge in [0.15, 0.2) is 16.6 Å². The maximum absolute atomic E-state index is 13.3. The Balaban J connectivity index is 0.00000169. The predicted molar refractivity (Wildman–Crippen MR) is 95.0 cm³/mol. The van der Waals surface area contributed by atoms with Crippen LogP contribution < -0.4 is 5.73 Å². The van der Waals surface area contributed by atoms with Gasteiger partial charge >= 0.3 is 0 Å². The number of rotatable bonds is 3. The summed E-state index contributed by atoms with van der Waals surface area (Å²) in [5.41, 5.74) is 6.93. The van der Waals surface area contributed by atoms with Crippen molar-refractivity contribution in [2.45, 2.75) is 25.3 Å². The molecule has 0 radical (unpaired) electrons. The molecule has 24 heavy (non-hydrogen) atoms. The number of hydrogen-bond acceptors (Lipinski definition) is 6. The van der Waals surface area contributed by atoms with Gasteiger partial charge in [0.25, 0.3) is 0 Å². The number of halogens is 2. The fourth-order valence-corrected chi connectivity index (χ4v) is 3.83. The van der Waals surface area contributed by atoms with Gasteiger partial charge in [-0.25, -0.2) is 14.4 Å². The quantitative estimate of drug-likeness (QED) is 0.761. The molecule has 4 rings (SSSR count). The number of benzene rings is 1. The molecule has 5 nitrogen and oxygen atoms in total. The number of thiazole rings is 1. The van der Waals surface area contributed by atoms with Crippen LogP contribution in [0.1, 0.15) is 29.5 Å². The van der Waals surface area contributed by atoms with E-state index >= 15 is 0 Å². The van der Waals surface area contributed by atoms with E-state index in [0.29, 0.717) is 22.1 Å². The number of hydrogen-bond donors (Lipinski definition) is 1. The monoisotopic (exact) mass is 368 g/mol. The normalized spacial score (nSPS) is 18.6. The Bertz CT molecular complexity index is 836. The zero-order chi connectivity index (χ0) is 15.8. The van der Waals surface area contributed by atoms with Gasteiger partial charge in [0, 0.05) is 36.1 Å². The Kier molecular flexibility index (Phi) is 5.03. The van der Waals surface area contributed by atoms with Crippen LogP contribution in [0.3, 0.4) is 0 Å². The SMILES string of the molecule is Cl.Nc1ncc(CN2CCCC(c3nc4ccc(F)cc4o3)C2)s1. The minimum Gasteiger partial charge on any atom is -0.440 e. The topological polar surface area (TPSA) is 68.2 Å². The van der Waals surface area contributed by atoms with Crippen LogP contribution in [0.4, 0.5) is 9.52 Å². The van der Waals surface area contributed by atoms with Crippen molar-refractivity contribution in [1.82, 2.24) is 14.9 Å². The van der Waals surface area contributed by atoms with E-state index in [9.17, 15) is 4.39 Å². The van der Waals surface area contributed by atoms with E-state index in [1.807, 2.05) is 6.20 Å². The fourth-order valence-electron chi connectivity index (χ4n) is 3.11. The largest absolute Gasteiger partial charge is 0.440 e. The summed E-state index contributed by atoms with van der Waals surface area (Å²) < 4.78 is 19.1. The summed E-state index contributed by atoms with van der Waals surface area (Å²) in [5.74, 6) is 0.650. The smallest absolute Gasteiger partial charge is 0.199 e. The number of nitrogens with zero attached hydrogens (tertiary/aromatic N) is 3. The van der Waals surface area contributed by atoms with E-state index in [1.165, 1.54) is 28.3 Å². The van der Waals surface area contributed by atoms with Crippen LogP contribution in [0.25, 0.3) is 11.1 Å². The van der Waals surface area contributed by atoms with Crippen molar-refractivity contribution in [2.24, 2.45) is 0 Å². The molecule has 128 valence electrons. The number of anilines is 1. The third-order valence-corrected chi connectivity index (χ3v) is 4.98. The van der Waals surface area contributed by atoms with Crippen LogP contribution in [0, 0.1) is 5.82 Å². The van der Waals surface area contributed by atoms with Gasteiger partial charge in [-0.1, -0.05) is 0 Å². The number of oxazole rings is 1. The summed E-state index contributed by atoms with van der Waals surface area (Å²) in [5, 5.41) is 0.606. The standard InChI is InChI=1S/C16H17FN4OS.ClH/c17-11-3-4-13-14(6-11)22-15(20-13)10-2-1-5-21(8-10)9-12-7-19-16(18)23-12;/h3-4,6-7,10H,1-2,5,8-9H2,(H2,18,19);1H. The number of likely N-dealkylation sites (tertiary alicyclic amines) is 1. The molecule has 8 heteroatoms. The Morgan fingerprint density at radius 2 is 2.29 bits per heavy atom. The summed E-state index contributed by atoms with van der Waals surface area (Å²) >= 11 is 1.53. The first kappa shape index (κ1) is 17.1. The number of piperidine rings is 1. The van der Waals surface area contributed by atoms with Crippen LogP contribution in [0.5, 0.6) is 0 Å². The molecule has 1 aliphatic heterocycles. The maximum Gasteiger partial charge on any atom is 0.199 e. The van der Waals surface area contributed by atoms with Crippen LogP contribution in [-0.2, 0) is 6.54 Å². The molecule has 0 spiro atoms. The highest BCUT2D eigenvalue weighted by Gasteiger charge is 2.26. The lowest BCUT2D eigenvalue weighted by molar-refractivity contribution is 0.188. The summed E-state index contributed by atoms with van der Waals surface area (Å²) in [6.07, 6.45) is 3.97. The lowest BCUT2D eigenvalue weighted by Crippen LogP contribution is -2.33. The second-order valence-corrected chi connectivity index (χ2v) is 7.05. The molecule has 1 unspecified atom stereocenters. The molecule has 1 saturated heterocycles. The van der Waals surface area contributed by atoms with E-state index in [1.54, 1.807) is 6.07 Å². The highest BCUT2D eigenvalue weighted by Crippen LogP contribution is 2.30. The van der Waals surface area contributed by atoms with E-state index in [4.69, 9.17) is 10.2 Å². The van der Waals surface area contributed by atoms with Gasteiger partial charge in [-0.05, 0) is 31.5 Å². The highest BCUT2D eigenvalue weighted by molar-refractivity contribution is 7.15. The van der Waals surface area contributed by atoms with Crippen molar-refractivity contribution >= 4 is 40.0 Å². The number of nitrogen functional groups attached to an aromatic ring is 1. The van der Waals surface area contributed by atoms with Crippen molar-refractivity contribution in [1.29, 1.82) is 0 Å². The lowest BCUT2D eigenvalue weighted by atomic mass is 9.98. The third kappa shape index (κ3) is 3.53. The first-order chi connectivity index (χ1) is 11.2. The summed E-state index contributed by atoms with van der Waals surface area (Å²) in [4.78, 5) is 12.2. The molecular weight excluding hydrogens is 351 g/mol. The highest BCUT2D eigenvalue weighted by atomic mass is 35.5. The van der Waals surface area contributed by atoms with E-state index < -0.39 is 0 Å². The molecule has 2 aromatic heterocycles. The van der Waals surface area contributed by atoms with Crippen LogP contribution >= 0.6 is 23.7 Å². The Hall–Kier alpha value is -1.70. The van der Waals surface area contributed by atoms with Crippen molar-refractivity contribution in [3.63, 3.8) is 0 Å². The van der Waals surface area contributed by atoms with E-state index in [-0.39, 0.29) is 24.1 Å². The van der Waals surface area contributed by atoms with E-state index in [2.05, 4.69) is 14.9 Å². The molecule has 0 aliphatic carbocycles. The van der Waals surface area contributed by atoms with Gasteiger partial charge < -0.3 is 10.2 Å². The number of aromatic nitrogens is 2. The first-order valence-electron chi connectivity index (χ1n) is 7.66. The van der Waals surface area contributed by atoms with Crippen LogP contribution in [0.15, 0.2) is 28.8 Å². The summed E-state index contributed by atoms with van der Waals surface area (Å²) in [7, 11) is 0. The molecule has 3 heterocycles. The molecule has 1 fully saturated rings. The molecule has 2 N–H and O–H groups in total. The maximum atomic E-state index is 13.3. The summed E-state index contributed by atoms with van der Waals surface area (Å²) in [6.45, 7) is 2.77. The molecule has 1 aromatic carbocycles. The number of nitrogens with two attached hydrogens (primary N) is 1. The lowest BCUT2D eigenvalue weighted by Gasteiger charge is -2.30. The molecule has 1 aliphatic rings. The van der Waals surface area contributed by atoms with Gasteiger partial charge in [0.05, 0.1) is 0 Å². The first-order valence-corrected chi connectivity index (χ1v) is 8.47. The van der Waals surface area contributed by atoms with Crippen LogP contribution in [0.2, 0.25) is 0 Å². The zero-order valence-corrected chi connectivity index (χ0v) is 14.6. The molecule has 0 saturated carbocycles. The number of fused-ring (bicyclic) bond motifs is 1. The zero-order valence-electron chi connectivity index (χ0n) is 12.9. The Labute approximate surface area is 149 Å². The summed E-state index contributed by atoms with van der Waals surface area (Å²) in [6, 6.07) is 4.47. The van der Waals surface area contributed by atoms with Crippen molar-refractivity contribution in [3.8, 4) is 0 Å². The second-order valence-electron chi connectivity index (χ2n) is 5.90. The average Bonchev–Trinajstić information content (AvgIpc) is 3.13. The van der Waals surface area contributed by atoms with Crippen molar-refractivity contribution < 1.29 is 8.81 Å². The minimum atomic E-state index is -0.298. The van der Waals surface area contributed by atoms with Crippen molar-refractivity contribution in [3.05, 3.63) is 41.0 Å². The Morgan fingerprint density at radius 1 is 1.42 bits per heavy atom. The van der Waals surface area contributed by atoms with Gasteiger partial charge in [0.2, 0.25) is 0 Å². The molecule has 3 aromatic rings. The van der Waals surface area contributed by atoms with E-state index in [0.717, 1.165) is 32.5 Å². The average molecular weight is 369 g/mol. The second kappa shape index (κ2) is 7.04. The molecule has 0 bridgehead atoms. The third-order valence-electron chi connectivity index (χ3n) is 4.17. The van der Waals surface area contributed by atoms with Gasteiger partial charge in [-0.2, -0.15) is 0 Å². The van der Waals surface area contributed by atoms with Gasteiger partial charge in [-0.3, -0.25) is 4.90 Å². The van der Waals surface area contributed by atoms with Crippen LogP contribution in [-0.4, -0.2) is 28.0 Å². The van der Waals surface area contributed by atoms with Gasteiger partial charge in [0.1, 0.15) is 11.3 Å². The molecule has 1 atom stereocenters. The fraction of sp³-hybridized carbons (Fsp3) is 0.375. The minimum absolute atomic E-state index is 0. The molecule has 0 amide bonds. The van der Waals surface area contributed by atoms with Crippen molar-refractivity contribution in [2.75, 3.05) is 18.8 Å². The Morgan fingerprint density at radius 3 is 3.08 bits per heavy atom. The predicted octanol–water partition coefficient (Wildman–Crippen LogP) is 3.81.